The molecule has 0 heterocycles. The van der Waals surface area contributed by atoms with E-state index in [1.165, 1.54) is 0 Å². The molecule has 0 aromatic heterocycles. The van der Waals surface area contributed by atoms with Crippen LogP contribution in [0.5, 0.6) is 0 Å². The van der Waals surface area contributed by atoms with Crippen LogP contribution in [-0.2, 0) is 4.79 Å². The predicted molar refractivity (Wildman–Crippen MR) is 77.1 cm³/mol. The average molecular weight is 270 g/mol. The minimum Gasteiger partial charge on any atom is -0.397 e. The quantitative estimate of drug-likeness (QED) is 0.834. The first kappa shape index (κ1) is 14.6. The molecular formula is C13H20ClN3O. The number of benzene rings is 1. The van der Waals surface area contributed by atoms with Crippen molar-refractivity contribution in [2.45, 2.75) is 13.3 Å². The third-order valence-electron chi connectivity index (χ3n) is 2.65. The monoisotopic (exact) mass is 269 g/mol. The summed E-state index contributed by atoms with van der Waals surface area (Å²) in [6.45, 7) is 3.09. The van der Waals surface area contributed by atoms with E-state index < -0.39 is 0 Å². The van der Waals surface area contributed by atoms with Gasteiger partial charge < -0.3 is 15.5 Å². The Hall–Kier alpha value is -1.42. The summed E-state index contributed by atoms with van der Waals surface area (Å²) in [5, 5.41) is 0.579. The van der Waals surface area contributed by atoms with Gasteiger partial charge in [0.2, 0.25) is 5.91 Å². The zero-order valence-electron chi connectivity index (χ0n) is 11.1. The molecule has 4 nitrogen and oxygen atoms in total. The Bertz CT molecular complexity index is 400. The molecule has 1 aromatic rings. The maximum Gasteiger partial charge on any atom is 0.241 e. The first-order valence-corrected chi connectivity index (χ1v) is 6.34. The van der Waals surface area contributed by atoms with Crippen molar-refractivity contribution in [3.05, 3.63) is 23.2 Å². The third kappa shape index (κ3) is 3.53. The SMILES string of the molecule is CCCN(CC(=O)N(C)C)c1c(N)cccc1Cl. The number of anilines is 2. The first-order chi connectivity index (χ1) is 8.47. The van der Waals surface area contributed by atoms with Gasteiger partial charge in [-0.15, -0.1) is 0 Å². The summed E-state index contributed by atoms with van der Waals surface area (Å²) in [5.41, 5.74) is 7.30. The number of carbonyl (C=O) groups excluding carboxylic acids is 1. The normalized spacial score (nSPS) is 10.2. The highest BCUT2D eigenvalue weighted by molar-refractivity contribution is 6.34. The van der Waals surface area contributed by atoms with E-state index in [1.807, 2.05) is 4.90 Å². The number of nitrogen functional groups attached to an aromatic ring is 1. The van der Waals surface area contributed by atoms with E-state index in [4.69, 9.17) is 17.3 Å². The van der Waals surface area contributed by atoms with Gasteiger partial charge in [0.25, 0.3) is 0 Å². The van der Waals surface area contributed by atoms with E-state index in [1.54, 1.807) is 37.2 Å². The van der Waals surface area contributed by atoms with Crippen LogP contribution in [0.25, 0.3) is 0 Å². The van der Waals surface area contributed by atoms with Crippen LogP contribution in [-0.4, -0.2) is 38.0 Å². The molecule has 0 aliphatic heterocycles. The van der Waals surface area contributed by atoms with Crippen LogP contribution >= 0.6 is 11.6 Å². The van der Waals surface area contributed by atoms with E-state index in [0.29, 0.717) is 10.7 Å². The van der Waals surface area contributed by atoms with Crippen LogP contribution < -0.4 is 10.6 Å². The molecule has 18 heavy (non-hydrogen) atoms. The number of carbonyl (C=O) groups is 1. The van der Waals surface area contributed by atoms with Crippen molar-refractivity contribution in [1.82, 2.24) is 4.90 Å². The molecule has 2 N–H and O–H groups in total. The second-order valence-corrected chi connectivity index (χ2v) is 4.79. The second-order valence-electron chi connectivity index (χ2n) is 4.39. The van der Waals surface area contributed by atoms with Crippen LogP contribution in [0.15, 0.2) is 18.2 Å². The summed E-state index contributed by atoms with van der Waals surface area (Å²) in [7, 11) is 3.48. The molecule has 0 spiro atoms. The summed E-state index contributed by atoms with van der Waals surface area (Å²) < 4.78 is 0. The molecule has 0 fully saturated rings. The van der Waals surface area contributed by atoms with E-state index >= 15 is 0 Å². The molecule has 1 rings (SSSR count). The summed E-state index contributed by atoms with van der Waals surface area (Å²) >= 11 is 6.18. The largest absolute Gasteiger partial charge is 0.397 e. The standard InChI is InChI=1S/C13H20ClN3O/c1-4-8-17(9-12(18)16(2)3)13-10(14)6-5-7-11(13)15/h5-7H,4,8-9,15H2,1-3H3. The number of nitrogens with two attached hydrogens (primary N) is 1. The predicted octanol–water partition coefficient (Wildman–Crippen LogP) is 2.23. The molecule has 0 saturated carbocycles. The molecule has 0 atom stereocenters. The lowest BCUT2D eigenvalue weighted by molar-refractivity contribution is -0.127. The Kier molecular flexibility index (Phi) is 5.28. The van der Waals surface area contributed by atoms with Gasteiger partial charge in [0.15, 0.2) is 0 Å². The lowest BCUT2D eigenvalue weighted by Gasteiger charge is -2.27. The molecule has 0 unspecified atom stereocenters. The molecule has 100 valence electrons. The summed E-state index contributed by atoms with van der Waals surface area (Å²) in [4.78, 5) is 15.3. The lowest BCUT2D eigenvalue weighted by Crippen LogP contribution is -2.37. The van der Waals surface area contributed by atoms with Crippen molar-refractivity contribution in [3.8, 4) is 0 Å². The van der Waals surface area contributed by atoms with Gasteiger partial charge in [-0.1, -0.05) is 24.6 Å². The van der Waals surface area contributed by atoms with Gasteiger partial charge in [-0.3, -0.25) is 4.79 Å². The average Bonchev–Trinajstić information content (AvgIpc) is 2.28. The Morgan fingerprint density at radius 2 is 2.06 bits per heavy atom. The Morgan fingerprint density at radius 3 is 2.56 bits per heavy atom. The number of rotatable bonds is 5. The highest BCUT2D eigenvalue weighted by Crippen LogP contribution is 2.31. The number of halogens is 1. The smallest absolute Gasteiger partial charge is 0.241 e. The van der Waals surface area contributed by atoms with Crippen LogP contribution in [0, 0.1) is 0 Å². The lowest BCUT2D eigenvalue weighted by atomic mass is 10.2. The van der Waals surface area contributed by atoms with Gasteiger partial charge in [-0.25, -0.2) is 0 Å². The molecule has 0 bridgehead atoms. The van der Waals surface area contributed by atoms with Crippen LogP contribution in [0.3, 0.4) is 0 Å². The zero-order chi connectivity index (χ0) is 13.7. The summed E-state index contributed by atoms with van der Waals surface area (Å²) in [6.07, 6.45) is 0.922. The third-order valence-corrected chi connectivity index (χ3v) is 2.96. The fraction of sp³-hybridized carbons (Fsp3) is 0.462. The number of amides is 1. The van der Waals surface area contributed by atoms with Gasteiger partial charge in [0.1, 0.15) is 0 Å². The fourth-order valence-corrected chi connectivity index (χ4v) is 2.01. The summed E-state index contributed by atoms with van der Waals surface area (Å²) in [6, 6.07) is 5.39. The van der Waals surface area contributed by atoms with E-state index in [0.717, 1.165) is 18.7 Å². The van der Waals surface area contributed by atoms with Gasteiger partial charge in [0.05, 0.1) is 22.9 Å². The molecule has 0 saturated heterocycles. The van der Waals surface area contributed by atoms with Gasteiger partial charge in [0, 0.05) is 20.6 Å². The van der Waals surface area contributed by atoms with Crippen molar-refractivity contribution in [2.24, 2.45) is 0 Å². The first-order valence-electron chi connectivity index (χ1n) is 5.96. The topological polar surface area (TPSA) is 49.6 Å². The van der Waals surface area contributed by atoms with Gasteiger partial charge >= 0.3 is 0 Å². The maximum absolute atomic E-state index is 11.8. The highest BCUT2D eigenvalue weighted by atomic mass is 35.5. The number of hydrogen-bond donors (Lipinski definition) is 1. The molecule has 1 aromatic carbocycles. The molecule has 5 heteroatoms. The van der Waals surface area contributed by atoms with Crippen LogP contribution in [0.2, 0.25) is 5.02 Å². The zero-order valence-corrected chi connectivity index (χ0v) is 11.9. The minimum atomic E-state index is 0.0303. The van der Waals surface area contributed by atoms with Crippen molar-refractivity contribution in [3.63, 3.8) is 0 Å². The fourth-order valence-electron chi connectivity index (χ4n) is 1.71. The maximum atomic E-state index is 11.8. The second kappa shape index (κ2) is 6.50. The Morgan fingerprint density at radius 1 is 1.39 bits per heavy atom. The van der Waals surface area contributed by atoms with E-state index in [-0.39, 0.29) is 12.5 Å². The molecule has 0 aliphatic rings. The number of para-hydroxylation sites is 1. The van der Waals surface area contributed by atoms with E-state index in [2.05, 4.69) is 6.92 Å². The Balaban J connectivity index is 3.01. The number of hydrogen-bond acceptors (Lipinski definition) is 3. The summed E-state index contributed by atoms with van der Waals surface area (Å²) in [5.74, 6) is 0.0303. The van der Waals surface area contributed by atoms with Gasteiger partial charge in [-0.2, -0.15) is 0 Å². The number of nitrogens with zero attached hydrogens (tertiary/aromatic N) is 2. The van der Waals surface area contributed by atoms with Crippen molar-refractivity contribution >= 4 is 28.9 Å². The van der Waals surface area contributed by atoms with Crippen LogP contribution in [0.1, 0.15) is 13.3 Å². The molecule has 0 radical (unpaired) electrons. The highest BCUT2D eigenvalue weighted by Gasteiger charge is 2.17. The Labute approximate surface area is 113 Å². The van der Waals surface area contributed by atoms with Crippen molar-refractivity contribution in [1.29, 1.82) is 0 Å². The molecule has 0 aliphatic carbocycles. The minimum absolute atomic E-state index is 0.0303. The van der Waals surface area contributed by atoms with E-state index in [9.17, 15) is 4.79 Å². The molecular weight excluding hydrogens is 250 g/mol. The molecule has 1 amide bonds. The van der Waals surface area contributed by atoms with Crippen LogP contribution in [0.4, 0.5) is 11.4 Å². The number of likely N-dealkylation sites (N-methyl/N-ethyl adjacent to an activating group) is 1. The van der Waals surface area contributed by atoms with Crippen molar-refractivity contribution in [2.75, 3.05) is 37.8 Å². The van der Waals surface area contributed by atoms with Gasteiger partial charge in [-0.05, 0) is 18.6 Å². The van der Waals surface area contributed by atoms with Crippen molar-refractivity contribution < 1.29 is 4.79 Å².